The third kappa shape index (κ3) is 4.12. The van der Waals surface area contributed by atoms with Crippen molar-refractivity contribution in [3.05, 3.63) is 39.6 Å². The first kappa shape index (κ1) is 16.8. The SMILES string of the molecule is CC(C)=CCNS(=O)(=O)c1cc(Br)cc(C(=O)O)c1F. The van der Waals surface area contributed by atoms with E-state index in [-0.39, 0.29) is 11.0 Å². The zero-order chi connectivity index (χ0) is 15.5. The lowest BCUT2D eigenvalue weighted by atomic mass is 10.2. The van der Waals surface area contributed by atoms with E-state index in [9.17, 15) is 17.6 Å². The first-order valence-electron chi connectivity index (χ1n) is 5.50. The average Bonchev–Trinajstić information content (AvgIpc) is 2.30. The molecule has 0 bridgehead atoms. The van der Waals surface area contributed by atoms with Gasteiger partial charge in [-0.3, -0.25) is 0 Å². The smallest absolute Gasteiger partial charge is 0.338 e. The van der Waals surface area contributed by atoms with Crippen molar-refractivity contribution in [2.75, 3.05) is 6.54 Å². The first-order valence-corrected chi connectivity index (χ1v) is 7.78. The maximum atomic E-state index is 13.9. The zero-order valence-corrected chi connectivity index (χ0v) is 13.2. The summed E-state index contributed by atoms with van der Waals surface area (Å²) >= 11 is 2.97. The quantitative estimate of drug-likeness (QED) is 0.785. The van der Waals surface area contributed by atoms with Gasteiger partial charge in [-0.05, 0) is 26.0 Å². The van der Waals surface area contributed by atoms with Crippen molar-refractivity contribution in [1.29, 1.82) is 0 Å². The number of rotatable bonds is 5. The van der Waals surface area contributed by atoms with Crippen molar-refractivity contribution >= 4 is 31.9 Å². The Labute approximate surface area is 124 Å². The number of carboxylic acid groups (broad SMARTS) is 1. The minimum Gasteiger partial charge on any atom is -0.478 e. The van der Waals surface area contributed by atoms with Crippen LogP contribution in [0.5, 0.6) is 0 Å². The second kappa shape index (κ2) is 6.47. The molecule has 0 spiro atoms. The topological polar surface area (TPSA) is 83.5 Å². The normalized spacial score (nSPS) is 11.2. The number of benzene rings is 1. The number of hydrogen-bond acceptors (Lipinski definition) is 3. The van der Waals surface area contributed by atoms with Gasteiger partial charge in [-0.25, -0.2) is 22.3 Å². The number of halogens is 2. The maximum absolute atomic E-state index is 13.9. The second-order valence-corrected chi connectivity index (χ2v) is 6.86. The zero-order valence-electron chi connectivity index (χ0n) is 10.8. The number of aromatic carboxylic acids is 1. The van der Waals surface area contributed by atoms with Crippen LogP contribution in [0.25, 0.3) is 0 Å². The van der Waals surface area contributed by atoms with Gasteiger partial charge in [0, 0.05) is 11.0 Å². The van der Waals surface area contributed by atoms with Crippen LogP contribution in [-0.4, -0.2) is 26.0 Å². The van der Waals surface area contributed by atoms with E-state index in [0.29, 0.717) is 0 Å². The van der Waals surface area contributed by atoms with Gasteiger partial charge in [0.25, 0.3) is 0 Å². The summed E-state index contributed by atoms with van der Waals surface area (Å²) in [5.41, 5.74) is 0.190. The van der Waals surface area contributed by atoms with Crippen LogP contribution in [0.1, 0.15) is 24.2 Å². The molecule has 110 valence electrons. The third-order valence-electron chi connectivity index (χ3n) is 2.31. The fraction of sp³-hybridized carbons (Fsp3) is 0.250. The van der Waals surface area contributed by atoms with E-state index in [0.717, 1.165) is 17.7 Å². The highest BCUT2D eigenvalue weighted by Crippen LogP contribution is 2.24. The summed E-state index contributed by atoms with van der Waals surface area (Å²) < 4.78 is 40.2. The van der Waals surface area contributed by atoms with Gasteiger partial charge >= 0.3 is 5.97 Å². The molecule has 0 fully saturated rings. The molecule has 1 rings (SSSR count). The molecule has 0 aromatic heterocycles. The summed E-state index contributed by atoms with van der Waals surface area (Å²) in [4.78, 5) is 10.2. The Kier molecular flexibility index (Phi) is 5.43. The molecule has 2 N–H and O–H groups in total. The lowest BCUT2D eigenvalue weighted by molar-refractivity contribution is 0.0691. The average molecular weight is 366 g/mol. The standard InChI is InChI=1S/C12H13BrFNO4S/c1-7(2)3-4-15-20(18,19)10-6-8(13)5-9(11(10)14)12(16)17/h3,5-6,15H,4H2,1-2H3,(H,16,17). The molecule has 0 aliphatic rings. The lowest BCUT2D eigenvalue weighted by Gasteiger charge is -2.09. The van der Waals surface area contributed by atoms with E-state index in [4.69, 9.17) is 5.11 Å². The molecule has 1 aromatic carbocycles. The lowest BCUT2D eigenvalue weighted by Crippen LogP contribution is -2.25. The summed E-state index contributed by atoms with van der Waals surface area (Å²) in [6, 6.07) is 2.03. The van der Waals surface area contributed by atoms with Gasteiger partial charge < -0.3 is 5.11 Å². The molecule has 0 amide bonds. The van der Waals surface area contributed by atoms with Crippen molar-refractivity contribution in [3.63, 3.8) is 0 Å². The molecule has 0 heterocycles. The Hall–Kier alpha value is -1.25. The highest BCUT2D eigenvalue weighted by molar-refractivity contribution is 9.10. The molecule has 8 heteroatoms. The second-order valence-electron chi connectivity index (χ2n) is 4.20. The van der Waals surface area contributed by atoms with Crippen LogP contribution >= 0.6 is 15.9 Å². The fourth-order valence-corrected chi connectivity index (χ4v) is 3.04. The summed E-state index contributed by atoms with van der Waals surface area (Å²) in [6.45, 7) is 3.58. The van der Waals surface area contributed by atoms with E-state index in [1.807, 2.05) is 0 Å². The van der Waals surface area contributed by atoms with Crippen molar-refractivity contribution in [2.24, 2.45) is 0 Å². The van der Waals surface area contributed by atoms with Crippen molar-refractivity contribution < 1.29 is 22.7 Å². The minimum atomic E-state index is -4.13. The Morgan fingerprint density at radius 2 is 2.05 bits per heavy atom. The van der Waals surface area contributed by atoms with Crippen LogP contribution in [-0.2, 0) is 10.0 Å². The van der Waals surface area contributed by atoms with Gasteiger partial charge in [-0.15, -0.1) is 0 Å². The van der Waals surface area contributed by atoms with Crippen molar-refractivity contribution in [3.8, 4) is 0 Å². The summed E-state index contributed by atoms with van der Waals surface area (Å²) in [5, 5.41) is 8.84. The van der Waals surface area contributed by atoms with E-state index in [1.54, 1.807) is 19.9 Å². The summed E-state index contributed by atoms with van der Waals surface area (Å²) in [5.74, 6) is -2.82. The predicted molar refractivity (Wildman–Crippen MR) is 75.7 cm³/mol. The molecule has 0 aliphatic carbocycles. The highest BCUT2D eigenvalue weighted by atomic mass is 79.9. The predicted octanol–water partition coefficient (Wildman–Crippen LogP) is 2.53. The fourth-order valence-electron chi connectivity index (χ4n) is 1.35. The van der Waals surface area contributed by atoms with Gasteiger partial charge in [0.1, 0.15) is 4.90 Å². The van der Waals surface area contributed by atoms with Gasteiger partial charge in [0.15, 0.2) is 5.82 Å². The van der Waals surface area contributed by atoms with Crippen LogP contribution in [0.2, 0.25) is 0 Å². The van der Waals surface area contributed by atoms with Gasteiger partial charge in [-0.2, -0.15) is 0 Å². The van der Waals surface area contributed by atoms with Gasteiger partial charge in [-0.1, -0.05) is 27.6 Å². The molecule has 20 heavy (non-hydrogen) atoms. The monoisotopic (exact) mass is 365 g/mol. The number of allylic oxidation sites excluding steroid dienone is 1. The Balaban J connectivity index is 3.25. The number of nitrogens with one attached hydrogen (secondary N) is 1. The third-order valence-corrected chi connectivity index (χ3v) is 4.19. The molecular weight excluding hydrogens is 353 g/mol. The summed E-state index contributed by atoms with van der Waals surface area (Å²) in [6.07, 6.45) is 1.62. The molecular formula is C12H13BrFNO4S. The minimum absolute atomic E-state index is 0.000967. The number of carbonyl (C=O) groups is 1. The van der Waals surface area contributed by atoms with Crippen LogP contribution in [0, 0.1) is 5.82 Å². The van der Waals surface area contributed by atoms with Crippen LogP contribution in [0.4, 0.5) is 4.39 Å². The van der Waals surface area contributed by atoms with E-state index >= 15 is 0 Å². The molecule has 0 saturated heterocycles. The number of hydrogen-bond donors (Lipinski definition) is 2. The van der Waals surface area contributed by atoms with Crippen LogP contribution in [0.3, 0.4) is 0 Å². The molecule has 0 unspecified atom stereocenters. The van der Waals surface area contributed by atoms with Gasteiger partial charge in [0.05, 0.1) is 5.56 Å². The van der Waals surface area contributed by atoms with Crippen molar-refractivity contribution in [2.45, 2.75) is 18.7 Å². The summed E-state index contributed by atoms with van der Waals surface area (Å²) in [7, 11) is -4.13. The first-order chi connectivity index (χ1) is 9.15. The number of sulfonamides is 1. The van der Waals surface area contributed by atoms with Crippen LogP contribution in [0.15, 0.2) is 33.2 Å². The molecule has 0 radical (unpaired) electrons. The van der Waals surface area contributed by atoms with Crippen LogP contribution < -0.4 is 4.72 Å². The Morgan fingerprint density at radius 1 is 1.45 bits per heavy atom. The maximum Gasteiger partial charge on any atom is 0.338 e. The molecule has 0 saturated carbocycles. The van der Waals surface area contributed by atoms with E-state index < -0.39 is 32.3 Å². The molecule has 1 aromatic rings. The number of carboxylic acids is 1. The largest absolute Gasteiger partial charge is 0.478 e. The molecule has 5 nitrogen and oxygen atoms in total. The van der Waals surface area contributed by atoms with Crippen molar-refractivity contribution in [1.82, 2.24) is 4.72 Å². The molecule has 0 atom stereocenters. The Morgan fingerprint density at radius 3 is 2.55 bits per heavy atom. The van der Waals surface area contributed by atoms with E-state index in [2.05, 4.69) is 20.7 Å². The van der Waals surface area contributed by atoms with Gasteiger partial charge in [0.2, 0.25) is 10.0 Å². The highest BCUT2D eigenvalue weighted by Gasteiger charge is 2.24. The Bertz CT molecular complexity index is 666. The molecule has 0 aliphatic heterocycles. The van der Waals surface area contributed by atoms with E-state index in [1.165, 1.54) is 0 Å².